The monoisotopic (exact) mass is 641 g/mol. The molecule has 1 atom stereocenters. The maximum absolute atomic E-state index is 14.6. The van der Waals surface area contributed by atoms with E-state index >= 15 is 0 Å². The third kappa shape index (κ3) is 8.54. The maximum atomic E-state index is 14.6. The molecule has 0 aliphatic rings. The lowest BCUT2D eigenvalue weighted by atomic mass is 10.0. The minimum Gasteiger partial charge on any atom is -0.497 e. The zero-order valence-corrected chi connectivity index (χ0v) is 28.0. The first-order chi connectivity index (χ1) is 22.0. The van der Waals surface area contributed by atoms with Gasteiger partial charge in [0.05, 0.1) is 17.7 Å². The van der Waals surface area contributed by atoms with Gasteiger partial charge in [-0.25, -0.2) is 8.42 Å². The fraction of sp³-hybridized carbons (Fsp3) is 0.297. The number of carbonyl (C=O) groups is 2. The van der Waals surface area contributed by atoms with Crippen LogP contribution < -0.4 is 14.4 Å². The van der Waals surface area contributed by atoms with E-state index in [0.29, 0.717) is 18.0 Å². The molecule has 46 heavy (non-hydrogen) atoms. The first kappa shape index (κ1) is 34.2. The minimum absolute atomic E-state index is 0.0679. The number of aryl methyl sites for hydroxylation is 3. The predicted octanol–water partition coefficient (Wildman–Crippen LogP) is 5.98. The van der Waals surface area contributed by atoms with Gasteiger partial charge in [0.1, 0.15) is 18.3 Å². The van der Waals surface area contributed by atoms with E-state index in [1.54, 1.807) is 49.6 Å². The average Bonchev–Trinajstić information content (AvgIpc) is 3.06. The van der Waals surface area contributed by atoms with E-state index in [9.17, 15) is 18.0 Å². The summed E-state index contributed by atoms with van der Waals surface area (Å²) < 4.78 is 35.0. The highest BCUT2D eigenvalue weighted by atomic mass is 32.2. The van der Waals surface area contributed by atoms with Crippen molar-refractivity contribution in [2.45, 2.75) is 58.0 Å². The predicted molar refractivity (Wildman–Crippen MR) is 182 cm³/mol. The van der Waals surface area contributed by atoms with E-state index in [4.69, 9.17) is 4.74 Å². The normalized spacial score (nSPS) is 11.8. The van der Waals surface area contributed by atoms with Crippen molar-refractivity contribution in [1.82, 2.24) is 10.2 Å². The number of carbonyl (C=O) groups excluding carboxylic acids is 2. The Morgan fingerprint density at radius 3 is 2.17 bits per heavy atom. The molecule has 0 fully saturated rings. The van der Waals surface area contributed by atoms with Crippen LogP contribution in [0.25, 0.3) is 0 Å². The molecule has 1 N–H and O–H groups in total. The SMILES string of the molecule is CCCNC(=O)C(Cc1ccccc1)N(Cc1cccc(OC)c1)C(=O)CN(c1ccc(C)c(C)c1)S(=O)(=O)c1ccc(C)cc1. The van der Waals surface area contributed by atoms with Gasteiger partial charge >= 0.3 is 0 Å². The van der Waals surface area contributed by atoms with Crippen LogP contribution in [0.4, 0.5) is 5.69 Å². The Balaban J connectivity index is 1.82. The van der Waals surface area contributed by atoms with Crippen LogP contribution in [0.1, 0.15) is 41.2 Å². The van der Waals surface area contributed by atoms with Gasteiger partial charge in [-0.2, -0.15) is 0 Å². The van der Waals surface area contributed by atoms with Crippen molar-refractivity contribution >= 4 is 27.5 Å². The Hall–Kier alpha value is -4.63. The molecule has 0 saturated heterocycles. The number of sulfonamides is 1. The summed E-state index contributed by atoms with van der Waals surface area (Å²) in [6.45, 7) is 7.70. The standard InChI is InChI=1S/C37H43N3O5S/c1-6-21-38-37(42)35(24-30-11-8-7-9-12-30)39(25-31-13-10-14-33(23-31)45-5)36(41)26-40(32-18-17-28(3)29(4)22-32)46(43,44)34-19-15-27(2)16-20-34/h7-20,22-23,35H,6,21,24-26H2,1-5H3,(H,38,42). The van der Waals surface area contributed by atoms with E-state index < -0.39 is 28.5 Å². The Bertz CT molecular complexity index is 1740. The van der Waals surface area contributed by atoms with Crippen LogP contribution in [0, 0.1) is 20.8 Å². The van der Waals surface area contributed by atoms with Crippen molar-refractivity contribution in [2.24, 2.45) is 0 Å². The Morgan fingerprint density at radius 2 is 1.52 bits per heavy atom. The molecule has 0 radical (unpaired) electrons. The van der Waals surface area contributed by atoms with Crippen molar-refractivity contribution in [2.75, 3.05) is 24.5 Å². The molecule has 0 aliphatic heterocycles. The van der Waals surface area contributed by atoms with Crippen molar-refractivity contribution in [3.05, 3.63) is 125 Å². The van der Waals surface area contributed by atoms with Crippen molar-refractivity contribution in [3.8, 4) is 5.75 Å². The van der Waals surface area contributed by atoms with Gasteiger partial charge in [0, 0.05) is 19.5 Å². The third-order valence-electron chi connectivity index (χ3n) is 7.97. The molecule has 4 rings (SSSR count). The molecule has 9 heteroatoms. The van der Waals surface area contributed by atoms with Crippen LogP contribution in [0.3, 0.4) is 0 Å². The maximum Gasteiger partial charge on any atom is 0.264 e. The van der Waals surface area contributed by atoms with Gasteiger partial charge in [0.15, 0.2) is 0 Å². The zero-order chi connectivity index (χ0) is 33.3. The zero-order valence-electron chi connectivity index (χ0n) is 27.2. The van der Waals surface area contributed by atoms with Gasteiger partial charge in [-0.05, 0) is 85.8 Å². The van der Waals surface area contributed by atoms with Gasteiger partial charge in [0.2, 0.25) is 11.8 Å². The molecule has 0 bridgehead atoms. The lowest BCUT2D eigenvalue weighted by Gasteiger charge is -2.34. The molecule has 1 unspecified atom stereocenters. The molecular formula is C37H43N3O5S. The highest BCUT2D eigenvalue weighted by Crippen LogP contribution is 2.27. The van der Waals surface area contributed by atoms with Gasteiger partial charge in [-0.3, -0.25) is 13.9 Å². The summed E-state index contributed by atoms with van der Waals surface area (Å²) in [5, 5.41) is 2.97. The molecule has 0 aliphatic carbocycles. The van der Waals surface area contributed by atoms with Crippen molar-refractivity contribution in [1.29, 1.82) is 0 Å². The Kier molecular flexibility index (Phi) is 11.6. The van der Waals surface area contributed by atoms with Crippen LogP contribution in [0.15, 0.2) is 102 Å². The summed E-state index contributed by atoms with van der Waals surface area (Å²) in [4.78, 5) is 29.9. The number of methoxy groups -OCH3 is 1. The number of nitrogens with one attached hydrogen (secondary N) is 1. The molecule has 2 amide bonds. The van der Waals surface area contributed by atoms with E-state index in [0.717, 1.165) is 38.5 Å². The summed E-state index contributed by atoms with van der Waals surface area (Å²) in [5.41, 5.74) is 4.79. The molecule has 0 spiro atoms. The molecule has 4 aromatic rings. The van der Waals surface area contributed by atoms with Gasteiger partial charge < -0.3 is 15.0 Å². The van der Waals surface area contributed by atoms with Gasteiger partial charge in [0.25, 0.3) is 10.0 Å². The molecule has 0 heterocycles. The van der Waals surface area contributed by atoms with E-state index in [1.165, 1.54) is 4.90 Å². The highest BCUT2D eigenvalue weighted by molar-refractivity contribution is 7.92. The fourth-order valence-corrected chi connectivity index (χ4v) is 6.54. The number of benzene rings is 4. The van der Waals surface area contributed by atoms with Crippen LogP contribution in [0.2, 0.25) is 0 Å². The first-order valence-corrected chi connectivity index (χ1v) is 16.9. The summed E-state index contributed by atoms with van der Waals surface area (Å²) >= 11 is 0. The van der Waals surface area contributed by atoms with Crippen LogP contribution in [-0.4, -0.2) is 51.4 Å². The molecule has 242 valence electrons. The molecule has 8 nitrogen and oxygen atoms in total. The summed E-state index contributed by atoms with van der Waals surface area (Å²) in [6, 6.07) is 27.8. The second kappa shape index (κ2) is 15.6. The average molecular weight is 642 g/mol. The van der Waals surface area contributed by atoms with E-state index in [1.807, 2.05) is 82.3 Å². The molecule has 0 saturated carbocycles. The second-order valence-corrected chi connectivity index (χ2v) is 13.3. The number of hydrogen-bond acceptors (Lipinski definition) is 5. The lowest BCUT2D eigenvalue weighted by Crippen LogP contribution is -2.53. The molecule has 0 aromatic heterocycles. The highest BCUT2D eigenvalue weighted by Gasteiger charge is 2.34. The fourth-order valence-electron chi connectivity index (χ4n) is 5.13. The van der Waals surface area contributed by atoms with Gasteiger partial charge in [-0.15, -0.1) is 0 Å². The topological polar surface area (TPSA) is 96.0 Å². The first-order valence-electron chi connectivity index (χ1n) is 15.4. The van der Waals surface area contributed by atoms with Crippen molar-refractivity contribution in [3.63, 3.8) is 0 Å². The van der Waals surface area contributed by atoms with E-state index in [-0.39, 0.29) is 23.8 Å². The summed E-state index contributed by atoms with van der Waals surface area (Å²) in [7, 11) is -2.60. The number of ether oxygens (including phenoxy) is 1. The molecule has 4 aromatic carbocycles. The third-order valence-corrected chi connectivity index (χ3v) is 9.76. The Morgan fingerprint density at radius 1 is 0.826 bits per heavy atom. The minimum atomic E-state index is -4.17. The largest absolute Gasteiger partial charge is 0.497 e. The summed E-state index contributed by atoms with van der Waals surface area (Å²) in [5.74, 6) is -0.205. The van der Waals surface area contributed by atoms with Gasteiger partial charge in [-0.1, -0.05) is 73.2 Å². The van der Waals surface area contributed by atoms with Crippen LogP contribution in [-0.2, 0) is 32.6 Å². The smallest absolute Gasteiger partial charge is 0.264 e. The second-order valence-electron chi connectivity index (χ2n) is 11.5. The van der Waals surface area contributed by atoms with E-state index in [2.05, 4.69) is 5.32 Å². The van der Waals surface area contributed by atoms with Crippen LogP contribution >= 0.6 is 0 Å². The summed E-state index contributed by atoms with van der Waals surface area (Å²) in [6.07, 6.45) is 0.976. The number of rotatable bonds is 14. The lowest BCUT2D eigenvalue weighted by molar-refractivity contribution is -0.140. The number of anilines is 1. The molecular weight excluding hydrogens is 598 g/mol. The quantitative estimate of drug-likeness (QED) is 0.183. The number of nitrogens with zero attached hydrogens (tertiary/aromatic N) is 2. The number of hydrogen-bond donors (Lipinski definition) is 1. The number of amides is 2. The van der Waals surface area contributed by atoms with Crippen molar-refractivity contribution < 1.29 is 22.7 Å². The Labute approximate surface area is 273 Å². The van der Waals surface area contributed by atoms with Crippen LogP contribution in [0.5, 0.6) is 5.75 Å².